The van der Waals surface area contributed by atoms with Crippen molar-refractivity contribution < 1.29 is 14.7 Å². The van der Waals surface area contributed by atoms with Crippen molar-refractivity contribution in [3.63, 3.8) is 0 Å². The molecule has 0 spiro atoms. The molecular weight excluding hydrogens is 246 g/mol. The summed E-state index contributed by atoms with van der Waals surface area (Å²) >= 11 is 0. The molecule has 0 bridgehead atoms. The van der Waals surface area contributed by atoms with Crippen molar-refractivity contribution in [2.24, 2.45) is 16.8 Å². The van der Waals surface area contributed by atoms with Crippen molar-refractivity contribution in [3.05, 3.63) is 29.8 Å². The predicted molar refractivity (Wildman–Crippen MR) is 72.3 cm³/mol. The van der Waals surface area contributed by atoms with Gasteiger partial charge < -0.3 is 21.0 Å². The number of amidine groups is 1. The summed E-state index contributed by atoms with van der Waals surface area (Å²) in [7, 11) is 1.61. The van der Waals surface area contributed by atoms with E-state index in [4.69, 9.17) is 15.7 Å². The monoisotopic (exact) mass is 265 g/mol. The molecule has 0 saturated heterocycles. The number of rotatable bonds is 6. The van der Waals surface area contributed by atoms with Gasteiger partial charge in [0.15, 0.2) is 5.84 Å². The van der Waals surface area contributed by atoms with E-state index in [0.717, 1.165) is 11.3 Å². The molecule has 0 radical (unpaired) electrons. The van der Waals surface area contributed by atoms with Crippen LogP contribution < -0.4 is 15.8 Å². The number of benzene rings is 1. The topological polar surface area (TPSA) is 96.9 Å². The number of methoxy groups -OCH3 is 1. The average molecular weight is 265 g/mol. The van der Waals surface area contributed by atoms with Crippen molar-refractivity contribution in [1.29, 1.82) is 0 Å². The van der Waals surface area contributed by atoms with Crippen LogP contribution in [-0.2, 0) is 11.2 Å². The van der Waals surface area contributed by atoms with E-state index in [0.29, 0.717) is 13.0 Å². The van der Waals surface area contributed by atoms with Crippen molar-refractivity contribution in [2.75, 3.05) is 13.7 Å². The Labute approximate surface area is 112 Å². The van der Waals surface area contributed by atoms with Gasteiger partial charge in [-0.25, -0.2) is 0 Å². The molecular formula is C13H19N3O3. The number of nitrogens with zero attached hydrogens (tertiary/aromatic N) is 1. The second-order valence-corrected chi connectivity index (χ2v) is 4.10. The third-order valence-corrected chi connectivity index (χ3v) is 2.84. The zero-order valence-corrected chi connectivity index (χ0v) is 11.1. The van der Waals surface area contributed by atoms with Gasteiger partial charge in [0.05, 0.1) is 13.0 Å². The highest BCUT2D eigenvalue weighted by Gasteiger charge is 2.16. The minimum absolute atomic E-state index is 0.102. The first kappa shape index (κ1) is 14.8. The van der Waals surface area contributed by atoms with Gasteiger partial charge in [-0.05, 0) is 25.0 Å². The van der Waals surface area contributed by atoms with Gasteiger partial charge in [0, 0.05) is 6.54 Å². The summed E-state index contributed by atoms with van der Waals surface area (Å²) in [5, 5.41) is 14.0. The standard InChI is InChI=1S/C13H19N3O3/c1-9(12(14)16-18)13(17)15-8-7-10-5-3-4-6-11(10)19-2/h3-6,9,18H,7-8H2,1-2H3,(H2,14,16)(H,15,17). The van der Waals surface area contributed by atoms with Gasteiger partial charge in [-0.2, -0.15) is 0 Å². The lowest BCUT2D eigenvalue weighted by atomic mass is 10.1. The van der Waals surface area contributed by atoms with Crippen LogP contribution in [0.1, 0.15) is 12.5 Å². The van der Waals surface area contributed by atoms with Gasteiger partial charge >= 0.3 is 0 Å². The molecule has 0 saturated carbocycles. The van der Waals surface area contributed by atoms with E-state index in [1.54, 1.807) is 14.0 Å². The summed E-state index contributed by atoms with van der Waals surface area (Å²) in [5.74, 6) is -0.233. The number of carbonyl (C=O) groups excluding carboxylic acids is 1. The van der Waals surface area contributed by atoms with E-state index in [9.17, 15) is 4.79 Å². The van der Waals surface area contributed by atoms with E-state index >= 15 is 0 Å². The van der Waals surface area contributed by atoms with Crippen LogP contribution in [-0.4, -0.2) is 30.6 Å². The van der Waals surface area contributed by atoms with E-state index in [-0.39, 0.29) is 11.7 Å². The highest BCUT2D eigenvalue weighted by atomic mass is 16.5. The molecule has 0 heterocycles. The first-order valence-electron chi connectivity index (χ1n) is 5.97. The quantitative estimate of drug-likeness (QED) is 0.306. The van der Waals surface area contributed by atoms with Crippen LogP contribution in [0, 0.1) is 5.92 Å². The fraction of sp³-hybridized carbons (Fsp3) is 0.385. The molecule has 0 fully saturated rings. The van der Waals surface area contributed by atoms with Crippen LogP contribution in [0.2, 0.25) is 0 Å². The Hall–Kier alpha value is -2.24. The minimum Gasteiger partial charge on any atom is -0.496 e. The first-order chi connectivity index (χ1) is 9.10. The Morgan fingerprint density at radius 1 is 1.53 bits per heavy atom. The molecule has 0 aromatic heterocycles. The Morgan fingerprint density at radius 3 is 2.84 bits per heavy atom. The summed E-state index contributed by atoms with van der Waals surface area (Å²) in [6.07, 6.45) is 0.651. The maximum absolute atomic E-state index is 11.7. The normalized spacial score (nSPS) is 12.8. The molecule has 1 aromatic rings. The summed E-state index contributed by atoms with van der Waals surface area (Å²) in [6.45, 7) is 2.04. The number of hydrogen-bond acceptors (Lipinski definition) is 4. The molecule has 6 heteroatoms. The molecule has 1 atom stereocenters. The van der Waals surface area contributed by atoms with E-state index in [1.165, 1.54) is 0 Å². The molecule has 4 N–H and O–H groups in total. The molecule has 1 aromatic carbocycles. The minimum atomic E-state index is -0.650. The Balaban J connectivity index is 2.48. The van der Waals surface area contributed by atoms with Crippen molar-refractivity contribution in [3.8, 4) is 5.75 Å². The summed E-state index contributed by atoms with van der Waals surface area (Å²) in [5.41, 5.74) is 6.38. The molecule has 6 nitrogen and oxygen atoms in total. The number of amides is 1. The van der Waals surface area contributed by atoms with E-state index in [1.807, 2.05) is 24.3 Å². The van der Waals surface area contributed by atoms with Crippen LogP contribution >= 0.6 is 0 Å². The van der Waals surface area contributed by atoms with Gasteiger partial charge in [-0.3, -0.25) is 4.79 Å². The highest BCUT2D eigenvalue weighted by molar-refractivity contribution is 6.01. The average Bonchev–Trinajstić information content (AvgIpc) is 2.45. The predicted octanol–water partition coefficient (Wildman–Crippen LogP) is 0.736. The Kier molecular flexibility index (Phi) is 5.66. The van der Waals surface area contributed by atoms with Crippen LogP contribution in [0.4, 0.5) is 0 Å². The molecule has 0 aliphatic carbocycles. The number of oxime groups is 1. The van der Waals surface area contributed by atoms with Crippen molar-refractivity contribution in [2.45, 2.75) is 13.3 Å². The zero-order chi connectivity index (χ0) is 14.3. The van der Waals surface area contributed by atoms with Gasteiger partial charge in [-0.1, -0.05) is 23.4 Å². The lowest BCUT2D eigenvalue weighted by molar-refractivity contribution is -0.122. The number of ether oxygens (including phenoxy) is 1. The van der Waals surface area contributed by atoms with Gasteiger partial charge in [0.1, 0.15) is 5.75 Å². The molecule has 1 amide bonds. The first-order valence-corrected chi connectivity index (χ1v) is 5.97. The molecule has 104 valence electrons. The van der Waals surface area contributed by atoms with Crippen LogP contribution in [0.15, 0.2) is 29.4 Å². The van der Waals surface area contributed by atoms with Crippen LogP contribution in [0.3, 0.4) is 0 Å². The molecule has 0 aliphatic rings. The molecule has 1 unspecified atom stereocenters. The SMILES string of the molecule is COc1ccccc1CCNC(=O)C(C)/C(N)=N/O. The van der Waals surface area contributed by atoms with E-state index in [2.05, 4.69) is 10.5 Å². The van der Waals surface area contributed by atoms with Crippen molar-refractivity contribution >= 4 is 11.7 Å². The van der Waals surface area contributed by atoms with Crippen molar-refractivity contribution in [1.82, 2.24) is 5.32 Å². The molecule has 1 rings (SSSR count). The largest absolute Gasteiger partial charge is 0.496 e. The maximum atomic E-state index is 11.7. The third-order valence-electron chi connectivity index (χ3n) is 2.84. The van der Waals surface area contributed by atoms with Crippen LogP contribution in [0.25, 0.3) is 0 Å². The second kappa shape index (κ2) is 7.25. The van der Waals surface area contributed by atoms with E-state index < -0.39 is 5.92 Å². The lowest BCUT2D eigenvalue weighted by Crippen LogP contribution is -2.38. The third kappa shape index (κ3) is 4.17. The fourth-order valence-electron chi connectivity index (χ4n) is 1.60. The lowest BCUT2D eigenvalue weighted by Gasteiger charge is -2.12. The molecule has 19 heavy (non-hydrogen) atoms. The van der Waals surface area contributed by atoms with Crippen LogP contribution in [0.5, 0.6) is 5.75 Å². The maximum Gasteiger partial charge on any atom is 0.230 e. The Morgan fingerprint density at radius 2 is 2.21 bits per heavy atom. The second-order valence-electron chi connectivity index (χ2n) is 4.10. The number of para-hydroxylation sites is 1. The zero-order valence-electron chi connectivity index (χ0n) is 11.1. The van der Waals surface area contributed by atoms with Gasteiger partial charge in [-0.15, -0.1) is 0 Å². The van der Waals surface area contributed by atoms with Gasteiger partial charge in [0.25, 0.3) is 0 Å². The number of carbonyl (C=O) groups is 1. The smallest absolute Gasteiger partial charge is 0.230 e. The summed E-state index contributed by atoms with van der Waals surface area (Å²) in [4.78, 5) is 11.7. The number of hydrogen-bond donors (Lipinski definition) is 3. The Bertz CT molecular complexity index is 460. The van der Waals surface area contributed by atoms with Gasteiger partial charge in [0.2, 0.25) is 5.91 Å². The molecule has 0 aliphatic heterocycles. The fourth-order valence-corrected chi connectivity index (χ4v) is 1.60. The summed E-state index contributed by atoms with van der Waals surface area (Å²) in [6, 6.07) is 7.62. The summed E-state index contributed by atoms with van der Waals surface area (Å²) < 4.78 is 5.22. The number of nitrogens with one attached hydrogen (secondary N) is 1. The highest BCUT2D eigenvalue weighted by Crippen LogP contribution is 2.17. The number of nitrogens with two attached hydrogens (primary N) is 1.